The van der Waals surface area contributed by atoms with E-state index < -0.39 is 5.54 Å². The van der Waals surface area contributed by atoms with Gasteiger partial charge in [0.2, 0.25) is 0 Å². The highest BCUT2D eigenvalue weighted by molar-refractivity contribution is 5.91. The van der Waals surface area contributed by atoms with E-state index in [0.29, 0.717) is 11.4 Å². The van der Waals surface area contributed by atoms with Gasteiger partial charge >= 0.3 is 6.03 Å². The molecule has 0 aliphatic rings. The molecule has 3 N–H and O–H groups in total. The smallest absolute Gasteiger partial charge is 0.319 e. The van der Waals surface area contributed by atoms with E-state index in [0.717, 1.165) is 0 Å². The van der Waals surface area contributed by atoms with E-state index in [1.54, 1.807) is 26.0 Å². The van der Waals surface area contributed by atoms with Crippen molar-refractivity contribution in [1.29, 1.82) is 0 Å². The standard InChI is InChI=1S/C15H24N2O3/c1-14(2,3)20-12-9-7-6-8-11(12)16-13(19)17-15(4,5)10-18/h6-9,18H,10H2,1-5H3,(H2,16,17,19). The number of ether oxygens (including phenoxy) is 1. The van der Waals surface area contributed by atoms with Crippen LogP contribution in [0.25, 0.3) is 0 Å². The molecule has 0 atom stereocenters. The first-order valence-corrected chi connectivity index (χ1v) is 6.61. The molecule has 0 aromatic heterocycles. The number of hydrogen-bond acceptors (Lipinski definition) is 3. The average molecular weight is 280 g/mol. The minimum Gasteiger partial charge on any atom is -0.486 e. The Labute approximate surface area is 120 Å². The molecule has 1 rings (SSSR count). The van der Waals surface area contributed by atoms with E-state index in [-0.39, 0.29) is 18.2 Å². The molecule has 0 fully saturated rings. The van der Waals surface area contributed by atoms with Crippen molar-refractivity contribution in [3.63, 3.8) is 0 Å². The highest BCUT2D eigenvalue weighted by Gasteiger charge is 2.20. The molecule has 5 heteroatoms. The zero-order chi connectivity index (χ0) is 15.4. The van der Waals surface area contributed by atoms with Gasteiger partial charge in [-0.25, -0.2) is 4.79 Å². The Morgan fingerprint density at radius 3 is 2.35 bits per heavy atom. The second-order valence-corrected chi connectivity index (χ2v) is 6.33. The normalized spacial score (nSPS) is 11.9. The summed E-state index contributed by atoms with van der Waals surface area (Å²) in [4.78, 5) is 11.9. The number of para-hydroxylation sites is 2. The molecule has 0 heterocycles. The Hall–Kier alpha value is -1.75. The van der Waals surface area contributed by atoms with E-state index in [4.69, 9.17) is 9.84 Å². The third kappa shape index (κ3) is 5.48. The number of carbonyl (C=O) groups excluding carboxylic acids is 1. The lowest BCUT2D eigenvalue weighted by Gasteiger charge is -2.25. The zero-order valence-corrected chi connectivity index (χ0v) is 12.8. The molecule has 0 aliphatic heterocycles. The number of rotatable bonds is 4. The quantitative estimate of drug-likeness (QED) is 0.794. The first kappa shape index (κ1) is 16.3. The number of anilines is 1. The topological polar surface area (TPSA) is 70.6 Å². The SMILES string of the molecule is CC(C)(CO)NC(=O)Nc1ccccc1OC(C)(C)C. The predicted molar refractivity (Wildman–Crippen MR) is 80.1 cm³/mol. The van der Waals surface area contributed by atoms with Crippen LogP contribution in [0.5, 0.6) is 5.75 Å². The Bertz CT molecular complexity index is 464. The Balaban J connectivity index is 2.80. The van der Waals surface area contributed by atoms with Crippen molar-refractivity contribution in [3.05, 3.63) is 24.3 Å². The van der Waals surface area contributed by atoms with Crippen LogP contribution < -0.4 is 15.4 Å². The highest BCUT2D eigenvalue weighted by atomic mass is 16.5. The maximum atomic E-state index is 11.9. The Kier molecular flexibility index (Phi) is 5.00. The summed E-state index contributed by atoms with van der Waals surface area (Å²) in [6.45, 7) is 9.17. The van der Waals surface area contributed by atoms with Gasteiger partial charge in [0.15, 0.2) is 0 Å². The van der Waals surface area contributed by atoms with Gasteiger partial charge in [-0.3, -0.25) is 0 Å². The van der Waals surface area contributed by atoms with Crippen LogP contribution in [-0.2, 0) is 0 Å². The lowest BCUT2D eigenvalue weighted by molar-refractivity contribution is 0.132. The van der Waals surface area contributed by atoms with Crippen LogP contribution in [0.3, 0.4) is 0 Å². The molecule has 0 bridgehead atoms. The van der Waals surface area contributed by atoms with Crippen molar-refractivity contribution in [3.8, 4) is 5.75 Å². The minimum absolute atomic E-state index is 0.138. The van der Waals surface area contributed by atoms with Gasteiger partial charge < -0.3 is 20.5 Å². The van der Waals surface area contributed by atoms with Crippen LogP contribution in [0.2, 0.25) is 0 Å². The van der Waals surface area contributed by atoms with E-state index in [9.17, 15) is 4.79 Å². The van der Waals surface area contributed by atoms with Gasteiger partial charge in [0, 0.05) is 0 Å². The molecule has 20 heavy (non-hydrogen) atoms. The second-order valence-electron chi connectivity index (χ2n) is 6.33. The summed E-state index contributed by atoms with van der Waals surface area (Å²) in [6, 6.07) is 6.86. The van der Waals surface area contributed by atoms with Gasteiger partial charge in [0.1, 0.15) is 11.4 Å². The fourth-order valence-electron chi connectivity index (χ4n) is 1.49. The number of amides is 2. The monoisotopic (exact) mass is 280 g/mol. The van der Waals surface area contributed by atoms with Gasteiger partial charge in [-0.1, -0.05) is 12.1 Å². The lowest BCUT2D eigenvalue weighted by Crippen LogP contribution is -2.48. The fourth-order valence-corrected chi connectivity index (χ4v) is 1.49. The van der Waals surface area contributed by atoms with E-state index >= 15 is 0 Å². The number of nitrogens with one attached hydrogen (secondary N) is 2. The summed E-state index contributed by atoms with van der Waals surface area (Å²) in [5.74, 6) is 0.608. The second kappa shape index (κ2) is 6.13. The summed E-state index contributed by atoms with van der Waals surface area (Å²) >= 11 is 0. The van der Waals surface area contributed by atoms with Crippen LogP contribution >= 0.6 is 0 Å². The lowest BCUT2D eigenvalue weighted by atomic mass is 10.1. The van der Waals surface area contributed by atoms with Crippen molar-refractivity contribution >= 4 is 11.7 Å². The van der Waals surface area contributed by atoms with Gasteiger partial charge in [-0.05, 0) is 46.8 Å². The zero-order valence-electron chi connectivity index (χ0n) is 12.8. The molecule has 112 valence electrons. The Morgan fingerprint density at radius 1 is 1.20 bits per heavy atom. The maximum absolute atomic E-state index is 11.9. The molecule has 5 nitrogen and oxygen atoms in total. The summed E-state index contributed by atoms with van der Waals surface area (Å²) < 4.78 is 5.80. The molecule has 0 saturated carbocycles. The maximum Gasteiger partial charge on any atom is 0.319 e. The van der Waals surface area contributed by atoms with Crippen LogP contribution in [-0.4, -0.2) is 28.9 Å². The summed E-state index contributed by atoms with van der Waals surface area (Å²) in [5.41, 5.74) is -0.434. The number of hydrogen-bond donors (Lipinski definition) is 3. The van der Waals surface area contributed by atoms with Crippen molar-refractivity contribution in [2.24, 2.45) is 0 Å². The highest BCUT2D eigenvalue weighted by Crippen LogP contribution is 2.27. The molecule has 2 amide bonds. The third-order valence-corrected chi connectivity index (χ3v) is 2.40. The van der Waals surface area contributed by atoms with Crippen molar-refractivity contribution in [2.45, 2.75) is 45.8 Å². The van der Waals surface area contributed by atoms with E-state index in [1.807, 2.05) is 32.9 Å². The van der Waals surface area contributed by atoms with Crippen molar-refractivity contribution in [2.75, 3.05) is 11.9 Å². The minimum atomic E-state index is -0.677. The van der Waals surface area contributed by atoms with E-state index in [1.165, 1.54) is 0 Å². The van der Waals surface area contributed by atoms with Crippen molar-refractivity contribution < 1.29 is 14.6 Å². The molecule has 0 aliphatic carbocycles. The summed E-state index contributed by atoms with van der Waals surface area (Å²) in [6.07, 6.45) is 0. The number of urea groups is 1. The van der Waals surface area contributed by atoms with Crippen molar-refractivity contribution in [1.82, 2.24) is 5.32 Å². The molecular weight excluding hydrogens is 256 g/mol. The molecule has 0 spiro atoms. The molecular formula is C15H24N2O3. The van der Waals surface area contributed by atoms with Gasteiger partial charge in [0.05, 0.1) is 17.8 Å². The van der Waals surface area contributed by atoms with Gasteiger partial charge in [-0.15, -0.1) is 0 Å². The molecule has 1 aromatic carbocycles. The molecule has 0 saturated heterocycles. The summed E-state index contributed by atoms with van der Waals surface area (Å²) in [5, 5.41) is 14.6. The number of aliphatic hydroxyl groups is 1. The predicted octanol–water partition coefficient (Wildman–Crippen LogP) is 2.76. The fraction of sp³-hybridized carbons (Fsp3) is 0.533. The molecule has 0 unspecified atom stereocenters. The largest absolute Gasteiger partial charge is 0.486 e. The average Bonchev–Trinajstić information content (AvgIpc) is 2.29. The molecule has 1 aromatic rings. The Morgan fingerprint density at radius 2 is 1.80 bits per heavy atom. The van der Waals surface area contributed by atoms with Crippen LogP contribution in [0.1, 0.15) is 34.6 Å². The van der Waals surface area contributed by atoms with Crippen LogP contribution in [0.4, 0.5) is 10.5 Å². The number of benzene rings is 1. The number of aliphatic hydroxyl groups excluding tert-OH is 1. The first-order valence-electron chi connectivity index (χ1n) is 6.61. The van der Waals surface area contributed by atoms with Gasteiger partial charge in [-0.2, -0.15) is 0 Å². The number of carbonyl (C=O) groups is 1. The van der Waals surface area contributed by atoms with E-state index in [2.05, 4.69) is 10.6 Å². The molecule has 0 radical (unpaired) electrons. The van der Waals surface area contributed by atoms with Crippen LogP contribution in [0, 0.1) is 0 Å². The third-order valence-electron chi connectivity index (χ3n) is 2.40. The van der Waals surface area contributed by atoms with Gasteiger partial charge in [0.25, 0.3) is 0 Å². The first-order chi connectivity index (χ1) is 9.13. The summed E-state index contributed by atoms with van der Waals surface area (Å²) in [7, 11) is 0. The van der Waals surface area contributed by atoms with Crippen LogP contribution in [0.15, 0.2) is 24.3 Å².